The maximum Gasteiger partial charge on any atom is 0.266 e. The Labute approximate surface area is 174 Å². The first kappa shape index (κ1) is 19.9. The number of halogens is 1. The van der Waals surface area contributed by atoms with Crippen molar-refractivity contribution < 1.29 is 9.18 Å². The normalized spacial score (nSPS) is 14.3. The third kappa shape index (κ3) is 3.98. The number of benzene rings is 1. The molecule has 7 nitrogen and oxygen atoms in total. The van der Waals surface area contributed by atoms with E-state index in [1.807, 2.05) is 12.1 Å². The number of nitrogens with zero attached hydrogens (tertiary/aromatic N) is 6. The SMILES string of the molecule is CC1=C(c2ccc(CC(=O)c3cccc(F)c3C)nc2)CN(c2nnn(C)n2)CC1. The number of anilines is 1. The monoisotopic (exact) mass is 406 g/mol. The minimum absolute atomic E-state index is 0.137. The molecule has 1 aliphatic rings. The van der Waals surface area contributed by atoms with Crippen LogP contribution in [0, 0.1) is 12.7 Å². The fourth-order valence-corrected chi connectivity index (χ4v) is 3.64. The van der Waals surface area contributed by atoms with Crippen LogP contribution in [0.2, 0.25) is 0 Å². The van der Waals surface area contributed by atoms with E-state index in [2.05, 4.69) is 32.2 Å². The van der Waals surface area contributed by atoms with Gasteiger partial charge < -0.3 is 4.90 Å². The lowest BCUT2D eigenvalue weighted by Gasteiger charge is -2.28. The Bertz CT molecular complexity index is 1120. The summed E-state index contributed by atoms with van der Waals surface area (Å²) in [4.78, 5) is 20.6. The summed E-state index contributed by atoms with van der Waals surface area (Å²) in [6.07, 6.45) is 2.85. The van der Waals surface area contributed by atoms with Gasteiger partial charge in [0, 0.05) is 30.5 Å². The third-order valence-corrected chi connectivity index (χ3v) is 5.48. The van der Waals surface area contributed by atoms with Crippen molar-refractivity contribution in [1.82, 2.24) is 25.2 Å². The number of Topliss-reactive ketones (excluding diaryl/α,β-unsaturated/α-hetero) is 1. The molecule has 0 spiro atoms. The van der Waals surface area contributed by atoms with Gasteiger partial charge in [0.05, 0.1) is 13.5 Å². The molecule has 3 heterocycles. The molecule has 154 valence electrons. The van der Waals surface area contributed by atoms with Gasteiger partial charge in [0.2, 0.25) is 0 Å². The second-order valence-corrected chi connectivity index (χ2v) is 7.56. The number of tetrazole rings is 1. The van der Waals surface area contributed by atoms with Gasteiger partial charge in [0.25, 0.3) is 5.95 Å². The number of rotatable bonds is 5. The van der Waals surface area contributed by atoms with Crippen molar-refractivity contribution in [3.63, 3.8) is 0 Å². The lowest BCUT2D eigenvalue weighted by molar-refractivity contribution is 0.0991. The quantitative estimate of drug-likeness (QED) is 0.606. The van der Waals surface area contributed by atoms with Crippen molar-refractivity contribution in [1.29, 1.82) is 0 Å². The van der Waals surface area contributed by atoms with Crippen LogP contribution in [-0.4, -0.2) is 44.1 Å². The highest BCUT2D eigenvalue weighted by Crippen LogP contribution is 2.28. The van der Waals surface area contributed by atoms with Crippen LogP contribution in [0.1, 0.15) is 40.5 Å². The maximum absolute atomic E-state index is 13.7. The highest BCUT2D eigenvalue weighted by atomic mass is 19.1. The van der Waals surface area contributed by atoms with Gasteiger partial charge in [-0.1, -0.05) is 28.9 Å². The number of hydrogen-bond acceptors (Lipinski definition) is 6. The van der Waals surface area contributed by atoms with Gasteiger partial charge in [-0.15, -0.1) is 5.10 Å². The van der Waals surface area contributed by atoms with E-state index in [-0.39, 0.29) is 18.0 Å². The average Bonchev–Trinajstić information content (AvgIpc) is 3.17. The predicted molar refractivity (Wildman–Crippen MR) is 112 cm³/mol. The first-order valence-electron chi connectivity index (χ1n) is 9.83. The van der Waals surface area contributed by atoms with Gasteiger partial charge in [-0.05, 0) is 54.3 Å². The first-order valence-corrected chi connectivity index (χ1v) is 9.83. The van der Waals surface area contributed by atoms with Gasteiger partial charge in [-0.3, -0.25) is 9.78 Å². The van der Waals surface area contributed by atoms with Crippen molar-refractivity contribution in [2.75, 3.05) is 18.0 Å². The van der Waals surface area contributed by atoms with E-state index < -0.39 is 0 Å². The largest absolute Gasteiger partial charge is 0.334 e. The van der Waals surface area contributed by atoms with Crippen LogP contribution >= 0.6 is 0 Å². The number of ketones is 1. The van der Waals surface area contributed by atoms with Crippen LogP contribution in [-0.2, 0) is 13.5 Å². The molecule has 0 saturated heterocycles. The summed E-state index contributed by atoms with van der Waals surface area (Å²) in [6.45, 7) is 5.27. The summed E-state index contributed by atoms with van der Waals surface area (Å²) in [7, 11) is 1.75. The van der Waals surface area contributed by atoms with E-state index in [4.69, 9.17) is 0 Å². The van der Waals surface area contributed by atoms with Crippen LogP contribution in [0.15, 0.2) is 42.1 Å². The Morgan fingerprint density at radius 2 is 2.03 bits per heavy atom. The van der Waals surface area contributed by atoms with E-state index >= 15 is 0 Å². The highest BCUT2D eigenvalue weighted by Gasteiger charge is 2.21. The van der Waals surface area contributed by atoms with Crippen molar-refractivity contribution in [3.05, 3.63) is 70.3 Å². The zero-order chi connectivity index (χ0) is 21.3. The molecule has 0 bridgehead atoms. The van der Waals surface area contributed by atoms with Gasteiger partial charge in [-0.2, -0.15) is 4.80 Å². The molecule has 0 atom stereocenters. The summed E-state index contributed by atoms with van der Waals surface area (Å²) in [5, 5.41) is 12.3. The number of aryl methyl sites for hydroxylation is 1. The summed E-state index contributed by atoms with van der Waals surface area (Å²) in [6, 6.07) is 8.42. The Morgan fingerprint density at radius 1 is 1.20 bits per heavy atom. The zero-order valence-electron chi connectivity index (χ0n) is 17.3. The number of pyridine rings is 1. The molecule has 1 aromatic carbocycles. The van der Waals surface area contributed by atoms with Crippen LogP contribution in [0.25, 0.3) is 5.57 Å². The van der Waals surface area contributed by atoms with Crippen molar-refractivity contribution in [3.8, 4) is 0 Å². The maximum atomic E-state index is 13.7. The predicted octanol–water partition coefficient (Wildman–Crippen LogP) is 3.16. The molecule has 0 N–H and O–H groups in total. The van der Waals surface area contributed by atoms with Crippen LogP contribution in [0.5, 0.6) is 0 Å². The third-order valence-electron chi connectivity index (χ3n) is 5.48. The Morgan fingerprint density at radius 3 is 2.73 bits per heavy atom. The molecule has 0 aliphatic carbocycles. The molecular weight excluding hydrogens is 383 g/mol. The average molecular weight is 406 g/mol. The van der Waals surface area contributed by atoms with E-state index in [0.717, 1.165) is 18.5 Å². The molecular formula is C22H23FN6O. The van der Waals surface area contributed by atoms with Gasteiger partial charge in [0.1, 0.15) is 5.82 Å². The number of carbonyl (C=O) groups is 1. The molecule has 0 unspecified atom stereocenters. The van der Waals surface area contributed by atoms with Crippen LogP contribution < -0.4 is 4.90 Å². The van der Waals surface area contributed by atoms with E-state index in [9.17, 15) is 9.18 Å². The molecule has 8 heteroatoms. The van der Waals surface area contributed by atoms with Gasteiger partial charge >= 0.3 is 0 Å². The lowest BCUT2D eigenvalue weighted by atomic mass is 9.95. The molecule has 1 aliphatic heterocycles. The Kier molecular flexibility index (Phi) is 5.39. The van der Waals surface area contributed by atoms with Crippen molar-refractivity contribution in [2.45, 2.75) is 26.7 Å². The van der Waals surface area contributed by atoms with Gasteiger partial charge in [0.15, 0.2) is 5.78 Å². The smallest absolute Gasteiger partial charge is 0.266 e. The number of carbonyl (C=O) groups excluding carboxylic acids is 1. The number of hydrogen-bond donors (Lipinski definition) is 0. The van der Waals surface area contributed by atoms with Crippen LogP contribution in [0.3, 0.4) is 0 Å². The topological polar surface area (TPSA) is 76.8 Å². The molecule has 3 aromatic rings. The number of aromatic nitrogens is 5. The van der Waals surface area contributed by atoms with E-state index in [1.165, 1.54) is 22.0 Å². The highest BCUT2D eigenvalue weighted by molar-refractivity contribution is 5.98. The molecule has 2 aromatic heterocycles. The second-order valence-electron chi connectivity index (χ2n) is 7.56. The first-order chi connectivity index (χ1) is 14.4. The summed E-state index contributed by atoms with van der Waals surface area (Å²) in [5.41, 5.74) is 4.93. The van der Waals surface area contributed by atoms with Gasteiger partial charge in [-0.25, -0.2) is 4.39 Å². The lowest BCUT2D eigenvalue weighted by Crippen LogP contribution is -2.31. The summed E-state index contributed by atoms with van der Waals surface area (Å²) >= 11 is 0. The minimum Gasteiger partial charge on any atom is -0.334 e. The van der Waals surface area contributed by atoms with E-state index in [1.54, 1.807) is 32.3 Å². The molecule has 30 heavy (non-hydrogen) atoms. The molecule has 0 amide bonds. The molecule has 4 rings (SSSR count). The summed E-state index contributed by atoms with van der Waals surface area (Å²) < 4.78 is 13.7. The fourth-order valence-electron chi connectivity index (χ4n) is 3.64. The Balaban J connectivity index is 1.50. The fraction of sp³-hybridized carbons (Fsp3) is 0.318. The zero-order valence-corrected chi connectivity index (χ0v) is 17.3. The van der Waals surface area contributed by atoms with E-state index in [0.29, 0.717) is 29.3 Å². The Hall–Kier alpha value is -3.42. The molecule has 0 radical (unpaired) electrons. The molecule has 0 saturated carbocycles. The standard InChI is InChI=1S/C22H23FN6O/c1-14-9-10-29(22-25-27-28(3)26-22)13-19(14)16-7-8-17(24-12-16)11-21(30)18-5-4-6-20(23)15(18)2/h4-8,12H,9-11,13H2,1-3H3. The summed E-state index contributed by atoms with van der Waals surface area (Å²) in [5.74, 6) is 0.106. The minimum atomic E-state index is -0.369. The van der Waals surface area contributed by atoms with Crippen molar-refractivity contribution in [2.24, 2.45) is 7.05 Å². The van der Waals surface area contributed by atoms with Crippen LogP contribution in [0.4, 0.5) is 10.3 Å². The second kappa shape index (κ2) is 8.14. The van der Waals surface area contributed by atoms with Crippen molar-refractivity contribution >= 4 is 17.3 Å². The molecule has 0 fully saturated rings.